The lowest BCUT2D eigenvalue weighted by atomic mass is 10.1. The number of pyridine rings is 1. The van der Waals surface area contributed by atoms with E-state index in [1.165, 1.54) is 6.92 Å². The van der Waals surface area contributed by atoms with Crippen LogP contribution in [0.5, 0.6) is 0 Å². The first-order valence-electron chi connectivity index (χ1n) is 10.2. The molecule has 0 bridgehead atoms. The van der Waals surface area contributed by atoms with Crippen molar-refractivity contribution in [3.05, 3.63) is 52.5 Å². The van der Waals surface area contributed by atoms with Gasteiger partial charge < -0.3 is 20.7 Å². The lowest BCUT2D eigenvalue weighted by Gasteiger charge is -2.31. The molecule has 0 saturated carbocycles. The van der Waals surface area contributed by atoms with E-state index in [1.807, 2.05) is 18.2 Å². The first kappa shape index (κ1) is 22.8. The summed E-state index contributed by atoms with van der Waals surface area (Å²) in [4.78, 5) is 30.8. The average molecular weight is 478 g/mol. The number of amides is 2. The number of nitrogens with one attached hydrogen (secondary N) is 1. The highest BCUT2D eigenvalue weighted by Gasteiger charge is 2.36. The van der Waals surface area contributed by atoms with Gasteiger partial charge in [-0.25, -0.2) is 14.6 Å². The van der Waals surface area contributed by atoms with Gasteiger partial charge in [0.15, 0.2) is 0 Å². The molecule has 11 heteroatoms. The van der Waals surface area contributed by atoms with Crippen LogP contribution in [0.1, 0.15) is 33.8 Å². The molecule has 0 aliphatic carbocycles. The molecule has 0 atom stereocenters. The molecule has 4 rings (SSSR count). The van der Waals surface area contributed by atoms with Gasteiger partial charge in [-0.1, -0.05) is 18.2 Å². The number of likely N-dealkylation sites (tertiary alicyclic amines) is 1. The summed E-state index contributed by atoms with van der Waals surface area (Å²) in [7, 11) is 0. The Morgan fingerprint density at radius 1 is 1.21 bits per heavy atom. The maximum absolute atomic E-state index is 13.5. The van der Waals surface area contributed by atoms with Gasteiger partial charge in [-0.05, 0) is 25.1 Å². The fourth-order valence-electron chi connectivity index (χ4n) is 3.72. The van der Waals surface area contributed by atoms with Crippen molar-refractivity contribution in [2.24, 2.45) is 0 Å². The van der Waals surface area contributed by atoms with E-state index in [0.717, 1.165) is 17.4 Å². The van der Waals surface area contributed by atoms with Crippen LogP contribution in [0, 0.1) is 6.92 Å². The Bertz CT molecular complexity index is 1190. The summed E-state index contributed by atoms with van der Waals surface area (Å²) in [6.45, 7) is 2.19. The lowest BCUT2D eigenvalue weighted by molar-refractivity contribution is -0.136. The molecule has 0 radical (unpaired) electrons. The van der Waals surface area contributed by atoms with Crippen LogP contribution in [0.25, 0.3) is 10.2 Å². The summed E-state index contributed by atoms with van der Waals surface area (Å²) in [5.74, 6) is -0.784. The van der Waals surface area contributed by atoms with E-state index in [2.05, 4.69) is 10.3 Å². The first-order chi connectivity index (χ1) is 15.6. The third-order valence-electron chi connectivity index (χ3n) is 5.35. The fourth-order valence-corrected chi connectivity index (χ4v) is 4.77. The number of halogens is 3. The van der Waals surface area contributed by atoms with Crippen molar-refractivity contribution in [2.75, 3.05) is 24.1 Å². The normalized spacial score (nSPS) is 15.0. The van der Waals surface area contributed by atoms with Crippen LogP contribution in [0.2, 0.25) is 0 Å². The molecule has 2 aromatic heterocycles. The Balaban J connectivity index is 1.42. The summed E-state index contributed by atoms with van der Waals surface area (Å²) in [6.07, 6.45) is -4.29. The van der Waals surface area contributed by atoms with E-state index >= 15 is 0 Å². The third-order valence-corrected chi connectivity index (χ3v) is 6.43. The van der Waals surface area contributed by atoms with Gasteiger partial charge in [-0.3, -0.25) is 0 Å². The van der Waals surface area contributed by atoms with Gasteiger partial charge in [0.25, 0.3) is 0 Å². The van der Waals surface area contributed by atoms with Crippen molar-refractivity contribution in [3.8, 4) is 0 Å². The van der Waals surface area contributed by atoms with Gasteiger partial charge in [0.2, 0.25) is 0 Å². The molecular weight excluding hydrogens is 457 g/mol. The minimum atomic E-state index is -4.63. The number of benzene rings is 1. The second-order valence-electron chi connectivity index (χ2n) is 7.72. The maximum atomic E-state index is 13.5. The van der Waals surface area contributed by atoms with Gasteiger partial charge in [-0.15, -0.1) is 11.3 Å². The van der Waals surface area contributed by atoms with Crippen LogP contribution in [0.3, 0.4) is 0 Å². The predicted molar refractivity (Wildman–Crippen MR) is 119 cm³/mol. The highest BCUT2D eigenvalue weighted by molar-refractivity contribution is 7.21. The number of ether oxygens (including phenoxy) is 1. The Kier molecular flexibility index (Phi) is 6.15. The van der Waals surface area contributed by atoms with Crippen LogP contribution >= 0.6 is 11.3 Å². The molecule has 0 spiro atoms. The highest BCUT2D eigenvalue weighted by atomic mass is 32.1. The minimum absolute atomic E-state index is 0.0409. The number of rotatable bonds is 3. The summed E-state index contributed by atoms with van der Waals surface area (Å²) >= 11 is 0.787. The average Bonchev–Trinajstić information content (AvgIpc) is 3.10. The van der Waals surface area contributed by atoms with Crippen molar-refractivity contribution >= 4 is 44.9 Å². The van der Waals surface area contributed by atoms with E-state index in [1.54, 1.807) is 17.0 Å². The van der Waals surface area contributed by atoms with Crippen LogP contribution in [0.15, 0.2) is 36.4 Å². The molecule has 1 fully saturated rings. The van der Waals surface area contributed by atoms with Crippen molar-refractivity contribution in [1.29, 1.82) is 0 Å². The number of fused-ring (bicyclic) bond motifs is 1. The maximum Gasteiger partial charge on any atom is 0.417 e. The number of piperidine rings is 1. The quantitative estimate of drug-likeness (QED) is 0.513. The van der Waals surface area contributed by atoms with Crippen molar-refractivity contribution in [1.82, 2.24) is 9.88 Å². The zero-order chi connectivity index (χ0) is 23.8. The molecule has 1 aliphatic heterocycles. The predicted octanol–water partition coefficient (Wildman–Crippen LogP) is 5.06. The van der Waals surface area contributed by atoms with Gasteiger partial charge in [0, 0.05) is 42.7 Å². The zero-order valence-corrected chi connectivity index (χ0v) is 18.4. The number of esters is 1. The minimum Gasteiger partial charge on any atom is -0.458 e. The van der Waals surface area contributed by atoms with Crippen molar-refractivity contribution in [3.63, 3.8) is 0 Å². The first-order valence-corrected chi connectivity index (χ1v) is 11.0. The van der Waals surface area contributed by atoms with E-state index in [4.69, 9.17) is 10.5 Å². The van der Waals surface area contributed by atoms with E-state index in [0.29, 0.717) is 31.6 Å². The van der Waals surface area contributed by atoms with E-state index < -0.39 is 23.8 Å². The van der Waals surface area contributed by atoms with E-state index in [9.17, 15) is 22.8 Å². The zero-order valence-electron chi connectivity index (χ0n) is 17.6. The SMILES string of the molecule is Cc1cc(C(F)(F)F)c2c(N)c(C(=O)OC3CCN(C(=O)Nc4ccccc4)CC3)sc2n1. The number of nitrogens with zero attached hydrogens (tertiary/aromatic N) is 2. The Morgan fingerprint density at radius 2 is 1.88 bits per heavy atom. The number of nitrogen functional groups attached to an aromatic ring is 1. The number of nitrogens with two attached hydrogens (primary N) is 1. The number of anilines is 2. The molecule has 7 nitrogen and oxygen atoms in total. The smallest absolute Gasteiger partial charge is 0.417 e. The van der Waals surface area contributed by atoms with Crippen LogP contribution in [-0.2, 0) is 10.9 Å². The summed E-state index contributed by atoms with van der Waals surface area (Å²) in [5, 5.41) is 2.52. The standard InChI is InChI=1S/C22H21F3N4O3S/c1-12-11-15(22(23,24)25)16-17(26)18(33-19(16)27-12)20(30)32-14-7-9-29(10-8-14)21(31)28-13-5-3-2-4-6-13/h2-6,11,14H,7-10,26H2,1H3,(H,28,31). The van der Waals surface area contributed by atoms with Gasteiger partial charge in [0.05, 0.1) is 11.3 Å². The monoisotopic (exact) mass is 478 g/mol. The fraction of sp³-hybridized carbons (Fsp3) is 0.318. The molecule has 174 valence electrons. The summed E-state index contributed by atoms with van der Waals surface area (Å²) in [6, 6.07) is 9.70. The van der Waals surface area contributed by atoms with Gasteiger partial charge >= 0.3 is 18.2 Å². The Hall–Kier alpha value is -3.34. The van der Waals surface area contributed by atoms with Crippen LogP contribution in [0.4, 0.5) is 29.3 Å². The molecule has 3 N–H and O–H groups in total. The number of carbonyl (C=O) groups is 2. The number of aryl methyl sites for hydroxylation is 1. The molecule has 1 aromatic carbocycles. The summed E-state index contributed by atoms with van der Waals surface area (Å²) in [5.41, 5.74) is 5.59. The van der Waals surface area contributed by atoms with Gasteiger partial charge in [-0.2, -0.15) is 13.2 Å². The second-order valence-corrected chi connectivity index (χ2v) is 8.72. The largest absolute Gasteiger partial charge is 0.458 e. The number of carbonyl (C=O) groups excluding carboxylic acids is 2. The van der Waals surface area contributed by atoms with Gasteiger partial charge in [0.1, 0.15) is 15.8 Å². The molecule has 1 aliphatic rings. The number of urea groups is 1. The Labute approximate surface area is 191 Å². The number of para-hydroxylation sites is 1. The number of aromatic nitrogens is 1. The van der Waals surface area contributed by atoms with Crippen molar-refractivity contribution in [2.45, 2.75) is 32.0 Å². The number of thiophene rings is 1. The Morgan fingerprint density at radius 3 is 2.52 bits per heavy atom. The lowest BCUT2D eigenvalue weighted by Crippen LogP contribution is -2.43. The third kappa shape index (κ3) is 4.87. The molecule has 0 unspecified atom stereocenters. The molecule has 3 aromatic rings. The molecule has 3 heterocycles. The number of hydrogen-bond donors (Lipinski definition) is 2. The highest BCUT2D eigenvalue weighted by Crippen LogP contribution is 2.42. The van der Waals surface area contributed by atoms with E-state index in [-0.39, 0.29) is 32.5 Å². The molecule has 1 saturated heterocycles. The van der Waals surface area contributed by atoms with Crippen molar-refractivity contribution < 1.29 is 27.5 Å². The molecule has 33 heavy (non-hydrogen) atoms. The van der Waals surface area contributed by atoms with Crippen LogP contribution in [-0.4, -0.2) is 41.1 Å². The molecule has 2 amide bonds. The van der Waals surface area contributed by atoms with Crippen LogP contribution < -0.4 is 11.1 Å². The molecular formula is C22H21F3N4O3S. The topological polar surface area (TPSA) is 97.6 Å². The number of alkyl halides is 3. The number of hydrogen-bond acceptors (Lipinski definition) is 6. The summed E-state index contributed by atoms with van der Waals surface area (Å²) < 4.78 is 45.9. The second kappa shape index (κ2) is 8.89.